The Morgan fingerprint density at radius 3 is 2.20 bits per heavy atom. The molecule has 0 aliphatic rings. The maximum absolute atomic E-state index is 12.4. The van der Waals surface area contributed by atoms with Crippen molar-refractivity contribution in [1.82, 2.24) is 10.6 Å². The van der Waals surface area contributed by atoms with Gasteiger partial charge in [0.05, 0.1) is 4.90 Å². The number of hydrogen-bond donors (Lipinski definition) is 5. The van der Waals surface area contributed by atoms with Crippen molar-refractivity contribution in [3.8, 4) is 0 Å². The lowest BCUT2D eigenvalue weighted by Crippen LogP contribution is -2.51. The third kappa shape index (κ3) is 7.10. The molecule has 0 radical (unpaired) electrons. The van der Waals surface area contributed by atoms with Crippen LogP contribution in [0.3, 0.4) is 0 Å². The van der Waals surface area contributed by atoms with Crippen molar-refractivity contribution in [1.29, 1.82) is 0 Å². The predicted octanol–water partition coefficient (Wildman–Crippen LogP) is 0.821. The van der Waals surface area contributed by atoms with E-state index in [1.165, 1.54) is 31.2 Å². The fraction of sp³-hybridized carbons (Fsp3) is 0.211. The van der Waals surface area contributed by atoms with Crippen LogP contribution in [-0.4, -0.2) is 42.6 Å². The van der Waals surface area contributed by atoms with Crippen LogP contribution < -0.4 is 21.1 Å². The minimum Gasteiger partial charge on any atom is -0.480 e. The average molecular weight is 451 g/mol. The Labute approximate surface area is 179 Å². The lowest BCUT2D eigenvalue weighted by Gasteiger charge is -2.20. The van der Waals surface area contributed by atoms with E-state index in [-0.39, 0.29) is 16.4 Å². The highest BCUT2D eigenvalue weighted by atomic mass is 32.2. The summed E-state index contributed by atoms with van der Waals surface area (Å²) in [5, 5.41) is 22.6. The molecule has 2 atom stereocenters. The first kappa shape index (κ1) is 23.3. The van der Waals surface area contributed by atoms with Crippen LogP contribution in [0.2, 0.25) is 0 Å². The molecule has 0 saturated carbocycles. The Morgan fingerprint density at radius 1 is 1.07 bits per heavy atom. The average Bonchev–Trinajstić information content (AvgIpc) is 2.67. The Kier molecular flexibility index (Phi) is 7.86. The third-order valence-electron chi connectivity index (χ3n) is 4.08. The molecule has 9 nitrogen and oxygen atoms in total. The molecule has 1 amide bonds. The first-order valence-corrected chi connectivity index (χ1v) is 10.8. The Hall–Kier alpha value is -3.02. The van der Waals surface area contributed by atoms with Crippen molar-refractivity contribution in [3.05, 3.63) is 60.2 Å². The molecule has 30 heavy (non-hydrogen) atoms. The smallest absolute Gasteiger partial charge is 0.326 e. The van der Waals surface area contributed by atoms with Gasteiger partial charge in [-0.25, -0.2) is 18.4 Å². The normalized spacial score (nSPS) is 13.0. The summed E-state index contributed by atoms with van der Waals surface area (Å²) in [6.07, 6.45) is 0.147. The van der Waals surface area contributed by atoms with Gasteiger partial charge in [-0.1, -0.05) is 30.3 Å². The molecule has 6 N–H and O–H groups in total. The van der Waals surface area contributed by atoms with Gasteiger partial charge < -0.3 is 21.1 Å². The third-order valence-corrected chi connectivity index (χ3v) is 5.23. The second kappa shape index (κ2) is 10.1. The highest BCUT2D eigenvalue weighted by Gasteiger charge is 2.23. The van der Waals surface area contributed by atoms with Crippen molar-refractivity contribution in [2.24, 2.45) is 5.14 Å². The van der Waals surface area contributed by atoms with E-state index in [9.17, 15) is 23.1 Å². The number of amides is 1. The van der Waals surface area contributed by atoms with Crippen LogP contribution >= 0.6 is 12.2 Å². The van der Waals surface area contributed by atoms with Crippen LogP contribution in [-0.2, 0) is 26.0 Å². The lowest BCUT2D eigenvalue weighted by molar-refractivity contribution is -0.142. The molecule has 0 aromatic heterocycles. The number of carbonyl (C=O) groups excluding carboxylic acids is 1. The molecule has 2 aromatic carbocycles. The number of carboxylic acids is 1. The monoisotopic (exact) mass is 450 g/mol. The number of sulfonamides is 1. The number of hydrogen-bond acceptors (Lipinski definition) is 5. The Morgan fingerprint density at radius 2 is 1.67 bits per heavy atom. The number of carbonyl (C=O) groups is 2. The topological polar surface area (TPSA) is 151 Å². The number of nitrogens with two attached hydrogens (primary N) is 1. The van der Waals surface area contributed by atoms with Gasteiger partial charge in [-0.05, 0) is 49.0 Å². The second-order valence-electron chi connectivity index (χ2n) is 6.48. The van der Waals surface area contributed by atoms with E-state index >= 15 is 0 Å². The van der Waals surface area contributed by atoms with Crippen LogP contribution in [0.15, 0.2) is 59.5 Å². The number of aliphatic carboxylic acids is 1. The summed E-state index contributed by atoms with van der Waals surface area (Å²) in [5.74, 6) is -1.68. The second-order valence-corrected chi connectivity index (χ2v) is 8.45. The summed E-state index contributed by atoms with van der Waals surface area (Å²) in [6, 6.07) is 12.6. The molecule has 0 aliphatic heterocycles. The summed E-state index contributed by atoms with van der Waals surface area (Å²) in [5.41, 5.74) is 1.27. The highest BCUT2D eigenvalue weighted by molar-refractivity contribution is 7.89. The zero-order chi connectivity index (χ0) is 22.3. The zero-order valence-electron chi connectivity index (χ0n) is 16.0. The summed E-state index contributed by atoms with van der Waals surface area (Å²) in [7, 11) is -3.80. The SMILES string of the molecule is C[C@H](NC(=S)Nc1ccc(S(N)(=O)=O)cc1)C(=O)N[C@@H](Cc1ccccc1)C(=O)O. The van der Waals surface area contributed by atoms with E-state index < -0.39 is 34.0 Å². The maximum Gasteiger partial charge on any atom is 0.326 e. The number of carboxylic acid groups (broad SMARTS) is 1. The fourth-order valence-electron chi connectivity index (χ4n) is 2.50. The van der Waals surface area contributed by atoms with Gasteiger partial charge in [0.15, 0.2) is 5.11 Å². The first-order chi connectivity index (χ1) is 14.1. The predicted molar refractivity (Wildman–Crippen MR) is 116 cm³/mol. The lowest BCUT2D eigenvalue weighted by atomic mass is 10.1. The molecule has 0 spiro atoms. The maximum atomic E-state index is 12.4. The zero-order valence-corrected chi connectivity index (χ0v) is 17.7. The van der Waals surface area contributed by atoms with Gasteiger partial charge in [0, 0.05) is 12.1 Å². The molecular weight excluding hydrogens is 428 g/mol. The van der Waals surface area contributed by atoms with Crippen molar-refractivity contribution >= 4 is 44.9 Å². The largest absolute Gasteiger partial charge is 0.480 e. The van der Waals surface area contributed by atoms with E-state index in [0.29, 0.717) is 5.69 Å². The molecule has 2 aromatic rings. The van der Waals surface area contributed by atoms with Crippen LogP contribution in [0.25, 0.3) is 0 Å². The van der Waals surface area contributed by atoms with Gasteiger partial charge in [0.2, 0.25) is 15.9 Å². The highest BCUT2D eigenvalue weighted by Crippen LogP contribution is 2.12. The molecular formula is C19H22N4O5S2. The van der Waals surface area contributed by atoms with Crippen LogP contribution in [0.1, 0.15) is 12.5 Å². The number of nitrogens with one attached hydrogen (secondary N) is 3. The minimum atomic E-state index is -3.80. The molecule has 0 fully saturated rings. The first-order valence-electron chi connectivity index (χ1n) is 8.84. The minimum absolute atomic E-state index is 0.0437. The van der Waals surface area contributed by atoms with E-state index in [1.54, 1.807) is 24.3 Å². The van der Waals surface area contributed by atoms with Gasteiger partial charge >= 0.3 is 5.97 Å². The number of benzene rings is 2. The Balaban J connectivity index is 1.92. The molecule has 0 unspecified atom stereocenters. The molecule has 2 rings (SSSR count). The van der Waals surface area contributed by atoms with Crippen LogP contribution in [0.4, 0.5) is 5.69 Å². The van der Waals surface area contributed by atoms with E-state index in [4.69, 9.17) is 17.4 Å². The quantitative estimate of drug-likeness (QED) is 0.371. The summed E-state index contributed by atoms with van der Waals surface area (Å²) < 4.78 is 22.5. The van der Waals surface area contributed by atoms with E-state index in [2.05, 4.69) is 16.0 Å². The van der Waals surface area contributed by atoms with Crippen molar-refractivity contribution in [2.75, 3.05) is 5.32 Å². The van der Waals surface area contributed by atoms with Gasteiger partial charge in [-0.3, -0.25) is 4.79 Å². The van der Waals surface area contributed by atoms with E-state index in [1.807, 2.05) is 6.07 Å². The summed E-state index contributed by atoms with van der Waals surface area (Å²) in [6.45, 7) is 1.54. The number of anilines is 1. The molecule has 0 aliphatic carbocycles. The van der Waals surface area contributed by atoms with Crippen LogP contribution in [0, 0.1) is 0 Å². The molecule has 0 heterocycles. The van der Waals surface area contributed by atoms with E-state index in [0.717, 1.165) is 5.56 Å². The van der Waals surface area contributed by atoms with Crippen molar-refractivity contribution < 1.29 is 23.1 Å². The molecule has 0 bridgehead atoms. The van der Waals surface area contributed by atoms with Crippen molar-refractivity contribution in [2.45, 2.75) is 30.3 Å². The van der Waals surface area contributed by atoms with Gasteiger partial charge in [-0.15, -0.1) is 0 Å². The standard InChI is InChI=1S/C19H22N4O5S2/c1-12(17(24)23-16(18(25)26)11-13-5-3-2-4-6-13)21-19(29)22-14-7-9-15(10-8-14)30(20,27)28/h2-10,12,16H,11H2,1H3,(H,23,24)(H,25,26)(H2,20,27,28)(H2,21,22,29)/t12-,16-/m0/s1. The Bertz CT molecular complexity index is 1010. The molecule has 160 valence electrons. The van der Waals surface area contributed by atoms with Crippen LogP contribution in [0.5, 0.6) is 0 Å². The molecule has 0 saturated heterocycles. The van der Waals surface area contributed by atoms with Gasteiger partial charge in [-0.2, -0.15) is 0 Å². The summed E-state index contributed by atoms with van der Waals surface area (Å²) in [4.78, 5) is 23.8. The number of rotatable bonds is 8. The van der Waals surface area contributed by atoms with Gasteiger partial charge in [0.25, 0.3) is 0 Å². The number of primary sulfonamides is 1. The number of thiocarbonyl (C=S) groups is 1. The summed E-state index contributed by atoms with van der Waals surface area (Å²) >= 11 is 5.15. The van der Waals surface area contributed by atoms with Gasteiger partial charge in [0.1, 0.15) is 12.1 Å². The molecule has 11 heteroatoms. The fourth-order valence-corrected chi connectivity index (χ4v) is 3.31. The van der Waals surface area contributed by atoms with Crippen molar-refractivity contribution in [3.63, 3.8) is 0 Å².